The molecule has 1 aromatic rings. The Morgan fingerprint density at radius 2 is 2.05 bits per heavy atom. The van der Waals surface area contributed by atoms with Crippen molar-refractivity contribution in [3.8, 4) is 0 Å². The summed E-state index contributed by atoms with van der Waals surface area (Å²) in [6, 6.07) is 3.71. The molecule has 0 aromatic carbocycles. The van der Waals surface area contributed by atoms with Gasteiger partial charge < -0.3 is 5.32 Å². The molecule has 3 heteroatoms. The number of nitrogens with one attached hydrogen (secondary N) is 1. The Hall–Kier alpha value is -0.830. The first-order valence-corrected chi connectivity index (χ1v) is 8.08. The normalized spacial score (nSPS) is 22.6. The molecule has 1 N–H and O–H groups in total. The van der Waals surface area contributed by atoms with Crippen LogP contribution in [0.5, 0.6) is 0 Å². The Kier molecular flexibility index (Phi) is 4.21. The molecular formula is C16H27N3. The third-order valence-corrected chi connectivity index (χ3v) is 4.50. The fraction of sp³-hybridized carbons (Fsp3) is 0.812. The topological polar surface area (TPSA) is 29.9 Å². The number of hydrogen-bond donors (Lipinski definition) is 1. The molecule has 0 spiro atoms. The third-order valence-electron chi connectivity index (χ3n) is 4.50. The van der Waals surface area contributed by atoms with Crippen LogP contribution in [0, 0.1) is 5.92 Å². The summed E-state index contributed by atoms with van der Waals surface area (Å²) in [6.07, 6.45) is 12.9. The molecule has 0 radical (unpaired) electrons. The predicted molar refractivity (Wildman–Crippen MR) is 78.2 cm³/mol. The molecule has 2 aliphatic carbocycles. The average Bonchev–Trinajstić information content (AvgIpc) is 3.16. The van der Waals surface area contributed by atoms with Crippen molar-refractivity contribution in [1.82, 2.24) is 15.1 Å². The summed E-state index contributed by atoms with van der Waals surface area (Å²) in [5.41, 5.74) is 1.27. The van der Waals surface area contributed by atoms with E-state index in [1.54, 1.807) is 0 Å². The van der Waals surface area contributed by atoms with E-state index >= 15 is 0 Å². The van der Waals surface area contributed by atoms with E-state index in [2.05, 4.69) is 29.2 Å². The van der Waals surface area contributed by atoms with Gasteiger partial charge in [-0.25, -0.2) is 0 Å². The van der Waals surface area contributed by atoms with E-state index in [4.69, 9.17) is 5.10 Å². The highest BCUT2D eigenvalue weighted by molar-refractivity contribution is 5.01. The molecule has 1 heterocycles. The SMILES string of the molecule is CC(CNC1CC1)Cc1ccn(C2CCCCC2)n1. The van der Waals surface area contributed by atoms with Gasteiger partial charge in [-0.3, -0.25) is 4.68 Å². The highest BCUT2D eigenvalue weighted by Gasteiger charge is 2.21. The van der Waals surface area contributed by atoms with Crippen LogP contribution in [0.15, 0.2) is 12.3 Å². The molecule has 106 valence electrons. The van der Waals surface area contributed by atoms with E-state index in [1.807, 2.05) is 0 Å². The molecule has 3 rings (SSSR count). The van der Waals surface area contributed by atoms with Gasteiger partial charge in [0.05, 0.1) is 11.7 Å². The molecule has 1 atom stereocenters. The van der Waals surface area contributed by atoms with Gasteiger partial charge in [0.15, 0.2) is 0 Å². The summed E-state index contributed by atoms with van der Waals surface area (Å²) in [7, 11) is 0. The zero-order valence-electron chi connectivity index (χ0n) is 12.1. The van der Waals surface area contributed by atoms with Crippen LogP contribution in [0.25, 0.3) is 0 Å². The highest BCUT2D eigenvalue weighted by Crippen LogP contribution is 2.27. The summed E-state index contributed by atoms with van der Waals surface area (Å²) in [5, 5.41) is 8.42. The van der Waals surface area contributed by atoms with Crippen LogP contribution >= 0.6 is 0 Å². The molecule has 0 aliphatic heterocycles. The van der Waals surface area contributed by atoms with Crippen LogP contribution in [0.2, 0.25) is 0 Å². The van der Waals surface area contributed by atoms with E-state index in [0.29, 0.717) is 12.0 Å². The van der Waals surface area contributed by atoms with E-state index < -0.39 is 0 Å². The monoisotopic (exact) mass is 261 g/mol. The summed E-state index contributed by atoms with van der Waals surface area (Å²) < 4.78 is 2.23. The van der Waals surface area contributed by atoms with Gasteiger partial charge in [-0.2, -0.15) is 5.10 Å². The van der Waals surface area contributed by atoms with Gasteiger partial charge in [0.2, 0.25) is 0 Å². The zero-order valence-corrected chi connectivity index (χ0v) is 12.1. The number of rotatable bonds is 6. The van der Waals surface area contributed by atoms with Crippen LogP contribution in [-0.2, 0) is 6.42 Å². The van der Waals surface area contributed by atoms with Gasteiger partial charge in [0.25, 0.3) is 0 Å². The lowest BCUT2D eigenvalue weighted by Crippen LogP contribution is -2.24. The van der Waals surface area contributed by atoms with Crippen LogP contribution in [0.1, 0.15) is 63.6 Å². The molecule has 0 amide bonds. The first-order chi connectivity index (χ1) is 9.31. The van der Waals surface area contributed by atoms with Crippen LogP contribution < -0.4 is 5.32 Å². The maximum Gasteiger partial charge on any atom is 0.0627 e. The molecule has 2 fully saturated rings. The lowest BCUT2D eigenvalue weighted by molar-refractivity contribution is 0.327. The fourth-order valence-corrected chi connectivity index (χ4v) is 3.12. The van der Waals surface area contributed by atoms with Crippen molar-refractivity contribution in [3.05, 3.63) is 18.0 Å². The quantitative estimate of drug-likeness (QED) is 0.851. The molecule has 2 saturated carbocycles. The van der Waals surface area contributed by atoms with Crippen molar-refractivity contribution in [1.29, 1.82) is 0 Å². The van der Waals surface area contributed by atoms with Crippen LogP contribution in [0.4, 0.5) is 0 Å². The minimum atomic E-state index is 0.669. The first kappa shape index (κ1) is 13.2. The van der Waals surface area contributed by atoms with Gasteiger partial charge in [-0.15, -0.1) is 0 Å². The van der Waals surface area contributed by atoms with Crippen LogP contribution in [-0.4, -0.2) is 22.4 Å². The Morgan fingerprint density at radius 1 is 1.26 bits per heavy atom. The van der Waals surface area contributed by atoms with E-state index in [1.165, 1.54) is 50.6 Å². The summed E-state index contributed by atoms with van der Waals surface area (Å²) in [6.45, 7) is 3.47. The molecular weight excluding hydrogens is 234 g/mol. The van der Waals surface area contributed by atoms with Crippen molar-refractivity contribution < 1.29 is 0 Å². The van der Waals surface area contributed by atoms with Gasteiger partial charge >= 0.3 is 0 Å². The molecule has 1 unspecified atom stereocenters. The van der Waals surface area contributed by atoms with Gasteiger partial charge in [0, 0.05) is 12.2 Å². The van der Waals surface area contributed by atoms with Gasteiger partial charge in [-0.1, -0.05) is 26.2 Å². The molecule has 0 bridgehead atoms. The Labute approximate surface area is 116 Å². The van der Waals surface area contributed by atoms with Crippen molar-refractivity contribution in [2.45, 2.75) is 70.4 Å². The smallest absolute Gasteiger partial charge is 0.0627 e. The Bertz CT molecular complexity index is 388. The minimum absolute atomic E-state index is 0.669. The zero-order chi connectivity index (χ0) is 13.1. The fourth-order valence-electron chi connectivity index (χ4n) is 3.12. The Balaban J connectivity index is 1.48. The molecule has 2 aliphatic rings. The largest absolute Gasteiger partial charge is 0.314 e. The second-order valence-corrected chi connectivity index (χ2v) is 6.57. The highest BCUT2D eigenvalue weighted by atomic mass is 15.3. The lowest BCUT2D eigenvalue weighted by atomic mass is 9.96. The van der Waals surface area contributed by atoms with Crippen molar-refractivity contribution in [2.75, 3.05) is 6.54 Å². The first-order valence-electron chi connectivity index (χ1n) is 8.08. The molecule has 0 saturated heterocycles. The number of aromatic nitrogens is 2. The number of nitrogens with zero attached hydrogens (tertiary/aromatic N) is 2. The van der Waals surface area contributed by atoms with Gasteiger partial charge in [0.1, 0.15) is 0 Å². The van der Waals surface area contributed by atoms with Crippen molar-refractivity contribution >= 4 is 0 Å². The number of hydrogen-bond acceptors (Lipinski definition) is 2. The van der Waals surface area contributed by atoms with E-state index in [-0.39, 0.29) is 0 Å². The van der Waals surface area contributed by atoms with E-state index in [0.717, 1.165) is 19.0 Å². The molecule has 19 heavy (non-hydrogen) atoms. The summed E-state index contributed by atoms with van der Waals surface area (Å²) in [4.78, 5) is 0. The third kappa shape index (κ3) is 3.82. The summed E-state index contributed by atoms with van der Waals surface area (Å²) in [5.74, 6) is 0.690. The predicted octanol–water partition coefficient (Wildman–Crippen LogP) is 3.32. The average molecular weight is 261 g/mol. The summed E-state index contributed by atoms with van der Waals surface area (Å²) >= 11 is 0. The maximum absolute atomic E-state index is 4.81. The maximum atomic E-state index is 4.81. The van der Waals surface area contributed by atoms with Gasteiger partial charge in [-0.05, 0) is 50.6 Å². The van der Waals surface area contributed by atoms with Crippen molar-refractivity contribution in [2.24, 2.45) is 5.92 Å². The molecule has 3 nitrogen and oxygen atoms in total. The lowest BCUT2D eigenvalue weighted by Gasteiger charge is -2.21. The second-order valence-electron chi connectivity index (χ2n) is 6.57. The Morgan fingerprint density at radius 3 is 2.79 bits per heavy atom. The van der Waals surface area contributed by atoms with E-state index in [9.17, 15) is 0 Å². The standard InChI is InChI=1S/C16H27N3/c1-13(12-17-14-7-8-14)11-15-9-10-19(18-15)16-5-3-2-4-6-16/h9-10,13-14,16-17H,2-8,11-12H2,1H3. The second kappa shape index (κ2) is 6.08. The minimum Gasteiger partial charge on any atom is -0.314 e. The van der Waals surface area contributed by atoms with Crippen LogP contribution in [0.3, 0.4) is 0 Å². The van der Waals surface area contributed by atoms with Crippen molar-refractivity contribution in [3.63, 3.8) is 0 Å². The molecule has 1 aromatic heterocycles.